The van der Waals surface area contributed by atoms with E-state index in [-0.39, 0.29) is 11.7 Å². The Morgan fingerprint density at radius 1 is 1.08 bits per heavy atom. The zero-order chi connectivity index (χ0) is 17.9. The number of fused-ring (bicyclic) bond motifs is 1. The van der Waals surface area contributed by atoms with Crippen LogP contribution in [0.15, 0.2) is 30.5 Å². The summed E-state index contributed by atoms with van der Waals surface area (Å²) in [5, 5.41) is 0. The Morgan fingerprint density at radius 3 is 2.38 bits per heavy atom. The number of aryl methyl sites for hydroxylation is 2. The molecule has 4 heteroatoms. The lowest BCUT2D eigenvalue weighted by molar-refractivity contribution is -0.129. The number of aromatic nitrogens is 1. The number of hydrogen-bond donors (Lipinski definition) is 0. The standard InChI is InChI=1S/C20H23FN2O/c1-12-10-14(11-22-13(12)2)23-16-9-7-8-15(21)17(16)19(3,4)20(5,6)18(23)24/h7-11H,1-6H3. The van der Waals surface area contributed by atoms with Gasteiger partial charge in [-0.3, -0.25) is 14.7 Å². The molecule has 0 unspecified atom stereocenters. The molecule has 1 aliphatic rings. The number of pyridine rings is 1. The summed E-state index contributed by atoms with van der Waals surface area (Å²) < 4.78 is 14.7. The third kappa shape index (κ3) is 2.09. The van der Waals surface area contributed by atoms with E-state index in [0.29, 0.717) is 16.9 Å². The largest absolute Gasteiger partial charge is 0.279 e. The molecule has 0 saturated heterocycles. The summed E-state index contributed by atoms with van der Waals surface area (Å²) in [5.74, 6) is -0.324. The van der Waals surface area contributed by atoms with E-state index in [0.717, 1.165) is 11.3 Å². The molecule has 0 spiro atoms. The first-order valence-corrected chi connectivity index (χ1v) is 8.16. The summed E-state index contributed by atoms with van der Waals surface area (Å²) in [7, 11) is 0. The van der Waals surface area contributed by atoms with Crippen LogP contribution in [0.5, 0.6) is 0 Å². The van der Waals surface area contributed by atoms with Gasteiger partial charge in [-0.05, 0) is 37.6 Å². The molecule has 2 heterocycles. The van der Waals surface area contributed by atoms with Crippen LogP contribution in [0.1, 0.15) is 44.5 Å². The van der Waals surface area contributed by atoms with Gasteiger partial charge in [-0.15, -0.1) is 0 Å². The van der Waals surface area contributed by atoms with E-state index in [1.165, 1.54) is 6.07 Å². The molecule has 1 aromatic carbocycles. The summed E-state index contributed by atoms with van der Waals surface area (Å²) in [4.78, 5) is 19.3. The minimum atomic E-state index is -0.749. The molecule has 3 rings (SSSR count). The number of carbonyl (C=O) groups excluding carboxylic acids is 1. The molecule has 0 saturated carbocycles. The first kappa shape index (κ1) is 16.6. The summed E-state index contributed by atoms with van der Waals surface area (Å²) >= 11 is 0. The van der Waals surface area contributed by atoms with Gasteiger partial charge in [0.1, 0.15) is 5.82 Å². The molecule has 0 bridgehead atoms. The molecular weight excluding hydrogens is 303 g/mol. The summed E-state index contributed by atoms with van der Waals surface area (Å²) in [6.07, 6.45) is 1.68. The van der Waals surface area contributed by atoms with Gasteiger partial charge in [-0.2, -0.15) is 0 Å². The summed E-state index contributed by atoms with van der Waals surface area (Å²) in [6, 6.07) is 6.85. The lowest BCUT2D eigenvalue weighted by Gasteiger charge is -2.49. The average Bonchev–Trinajstić information content (AvgIpc) is 2.49. The molecule has 2 aromatic rings. The SMILES string of the molecule is Cc1cc(N2C(=O)C(C)(C)C(C)(C)c3c(F)cccc32)cnc1C. The Balaban J connectivity index is 2.33. The van der Waals surface area contributed by atoms with E-state index in [1.807, 2.05) is 53.7 Å². The summed E-state index contributed by atoms with van der Waals surface area (Å²) in [5.41, 5.74) is 2.42. The number of halogens is 1. The molecule has 0 radical (unpaired) electrons. The van der Waals surface area contributed by atoms with Crippen molar-refractivity contribution in [1.29, 1.82) is 0 Å². The lowest BCUT2D eigenvalue weighted by Crippen LogP contribution is -2.54. The van der Waals surface area contributed by atoms with Gasteiger partial charge in [0.05, 0.1) is 23.0 Å². The Morgan fingerprint density at radius 2 is 1.75 bits per heavy atom. The quantitative estimate of drug-likeness (QED) is 0.753. The van der Waals surface area contributed by atoms with E-state index < -0.39 is 10.8 Å². The zero-order valence-electron chi connectivity index (χ0n) is 15.1. The zero-order valence-corrected chi connectivity index (χ0v) is 15.1. The average molecular weight is 326 g/mol. The Labute approximate surface area is 142 Å². The number of benzene rings is 1. The molecule has 1 aliphatic heterocycles. The monoisotopic (exact) mass is 326 g/mol. The molecule has 1 amide bonds. The van der Waals surface area contributed by atoms with E-state index >= 15 is 0 Å². The van der Waals surface area contributed by atoms with Crippen LogP contribution < -0.4 is 4.90 Å². The fourth-order valence-electron chi connectivity index (χ4n) is 3.29. The smallest absolute Gasteiger partial charge is 0.238 e. The van der Waals surface area contributed by atoms with E-state index in [2.05, 4.69) is 4.98 Å². The maximum absolute atomic E-state index is 14.7. The van der Waals surface area contributed by atoms with Crippen molar-refractivity contribution in [2.24, 2.45) is 5.41 Å². The minimum absolute atomic E-state index is 0.0457. The van der Waals surface area contributed by atoms with Gasteiger partial charge in [-0.25, -0.2) is 4.39 Å². The van der Waals surface area contributed by atoms with Gasteiger partial charge < -0.3 is 0 Å². The number of nitrogens with zero attached hydrogens (tertiary/aromatic N) is 2. The minimum Gasteiger partial charge on any atom is -0.279 e. The van der Waals surface area contributed by atoms with E-state index in [9.17, 15) is 9.18 Å². The van der Waals surface area contributed by atoms with Crippen molar-refractivity contribution in [2.75, 3.05) is 4.90 Å². The van der Waals surface area contributed by atoms with Gasteiger partial charge in [-0.1, -0.05) is 33.8 Å². The highest BCUT2D eigenvalue weighted by atomic mass is 19.1. The van der Waals surface area contributed by atoms with Crippen LogP contribution in [0, 0.1) is 25.1 Å². The molecule has 0 aliphatic carbocycles. The number of anilines is 2. The molecule has 3 nitrogen and oxygen atoms in total. The van der Waals surface area contributed by atoms with Gasteiger partial charge >= 0.3 is 0 Å². The van der Waals surface area contributed by atoms with Gasteiger partial charge in [0.25, 0.3) is 0 Å². The predicted molar refractivity (Wildman–Crippen MR) is 94.1 cm³/mol. The van der Waals surface area contributed by atoms with Crippen LogP contribution in [-0.2, 0) is 10.2 Å². The van der Waals surface area contributed by atoms with Crippen molar-refractivity contribution in [3.8, 4) is 0 Å². The van der Waals surface area contributed by atoms with Crippen molar-refractivity contribution in [3.05, 3.63) is 53.1 Å². The van der Waals surface area contributed by atoms with Crippen molar-refractivity contribution < 1.29 is 9.18 Å². The van der Waals surface area contributed by atoms with Crippen LogP contribution in [0.3, 0.4) is 0 Å². The van der Waals surface area contributed by atoms with Crippen LogP contribution in [0.2, 0.25) is 0 Å². The van der Waals surface area contributed by atoms with E-state index in [4.69, 9.17) is 0 Å². The van der Waals surface area contributed by atoms with Crippen molar-refractivity contribution in [2.45, 2.75) is 47.0 Å². The number of amides is 1. The fourth-order valence-corrected chi connectivity index (χ4v) is 3.29. The maximum Gasteiger partial charge on any atom is 0.238 e. The summed E-state index contributed by atoms with van der Waals surface area (Å²) in [6.45, 7) is 11.5. The Hall–Kier alpha value is -2.23. The first-order valence-electron chi connectivity index (χ1n) is 8.16. The van der Waals surface area contributed by atoms with Crippen LogP contribution in [0.25, 0.3) is 0 Å². The van der Waals surface area contributed by atoms with E-state index in [1.54, 1.807) is 17.2 Å². The molecule has 1 aromatic heterocycles. The van der Waals surface area contributed by atoms with Crippen LogP contribution >= 0.6 is 0 Å². The number of hydrogen-bond acceptors (Lipinski definition) is 2. The molecule has 0 N–H and O–H groups in total. The topological polar surface area (TPSA) is 33.2 Å². The van der Waals surface area contributed by atoms with Crippen LogP contribution in [0.4, 0.5) is 15.8 Å². The van der Waals surface area contributed by atoms with Crippen LogP contribution in [-0.4, -0.2) is 10.9 Å². The van der Waals surface area contributed by atoms with Gasteiger partial charge in [0.2, 0.25) is 5.91 Å². The molecule has 0 fully saturated rings. The Kier molecular flexibility index (Phi) is 3.55. The first-order chi connectivity index (χ1) is 11.1. The van der Waals surface area contributed by atoms with Gasteiger partial charge in [0, 0.05) is 16.7 Å². The molecule has 24 heavy (non-hydrogen) atoms. The molecule has 126 valence electrons. The third-order valence-electron chi connectivity index (χ3n) is 5.74. The fraction of sp³-hybridized carbons (Fsp3) is 0.400. The number of carbonyl (C=O) groups is 1. The lowest BCUT2D eigenvalue weighted by atomic mass is 9.60. The highest BCUT2D eigenvalue weighted by Gasteiger charge is 2.53. The highest BCUT2D eigenvalue weighted by Crippen LogP contribution is 2.53. The second-order valence-corrected chi connectivity index (χ2v) is 7.62. The van der Waals surface area contributed by atoms with Crippen molar-refractivity contribution >= 4 is 17.3 Å². The van der Waals surface area contributed by atoms with Gasteiger partial charge in [0.15, 0.2) is 0 Å². The predicted octanol–water partition coefficient (Wildman–Crippen LogP) is 4.82. The number of rotatable bonds is 1. The maximum atomic E-state index is 14.7. The molecule has 0 atom stereocenters. The van der Waals surface area contributed by atoms with Crippen molar-refractivity contribution in [1.82, 2.24) is 4.98 Å². The normalized spacial score (nSPS) is 18.5. The highest BCUT2D eigenvalue weighted by molar-refractivity contribution is 6.07. The second kappa shape index (κ2) is 5.13. The molecular formula is C20H23FN2O. The second-order valence-electron chi connectivity index (χ2n) is 7.62. The third-order valence-corrected chi connectivity index (χ3v) is 5.74. The van der Waals surface area contributed by atoms with Crippen molar-refractivity contribution in [3.63, 3.8) is 0 Å². The Bertz CT molecular complexity index is 840.